The number of hydrogen-bond donors (Lipinski definition) is 1. The van der Waals surface area contributed by atoms with Crippen LogP contribution in [-0.4, -0.2) is 66.6 Å². The highest BCUT2D eigenvalue weighted by Gasteiger charge is 2.40. The third-order valence-corrected chi connectivity index (χ3v) is 5.49. The van der Waals surface area contributed by atoms with E-state index in [4.69, 9.17) is 5.73 Å². The monoisotopic (exact) mass is 243 g/mol. The minimum atomic E-state index is 0.319. The second kappa shape index (κ2) is 5.25. The van der Waals surface area contributed by atoms with Crippen LogP contribution in [0.15, 0.2) is 0 Å². The van der Waals surface area contributed by atoms with Gasteiger partial charge in [0.25, 0.3) is 0 Å². The predicted octanol–water partition coefficient (Wildman–Crippen LogP) is 0.847. The average Bonchev–Trinajstić information content (AvgIpc) is 2.79. The number of likely N-dealkylation sites (N-methyl/N-ethyl adjacent to an activating group) is 1. The molecule has 0 aromatic carbocycles. The molecule has 0 aromatic rings. The quantitative estimate of drug-likeness (QED) is 0.796. The third kappa shape index (κ3) is 2.40. The summed E-state index contributed by atoms with van der Waals surface area (Å²) in [5.74, 6) is 2.53. The van der Waals surface area contributed by atoms with Crippen molar-refractivity contribution >= 4 is 11.8 Å². The Labute approximate surface area is 104 Å². The first kappa shape index (κ1) is 12.7. The van der Waals surface area contributed by atoms with Crippen molar-refractivity contribution in [2.24, 2.45) is 5.73 Å². The SMILES string of the molecule is CN(C)C1CCCN(C2(CN)CCSC2)C1. The molecule has 2 fully saturated rings. The second-order valence-electron chi connectivity index (χ2n) is 5.44. The first-order chi connectivity index (χ1) is 7.68. The summed E-state index contributed by atoms with van der Waals surface area (Å²) in [5, 5.41) is 0. The van der Waals surface area contributed by atoms with E-state index in [0.717, 1.165) is 12.6 Å². The molecule has 2 N–H and O–H groups in total. The normalized spacial score (nSPS) is 37.1. The van der Waals surface area contributed by atoms with Crippen LogP contribution in [0.25, 0.3) is 0 Å². The Morgan fingerprint density at radius 2 is 2.31 bits per heavy atom. The highest BCUT2D eigenvalue weighted by atomic mass is 32.2. The molecule has 2 atom stereocenters. The van der Waals surface area contributed by atoms with Gasteiger partial charge in [0.2, 0.25) is 0 Å². The zero-order valence-corrected chi connectivity index (χ0v) is 11.4. The topological polar surface area (TPSA) is 32.5 Å². The van der Waals surface area contributed by atoms with Gasteiger partial charge in [0.1, 0.15) is 0 Å². The zero-order chi connectivity index (χ0) is 11.6. The van der Waals surface area contributed by atoms with Crippen LogP contribution in [0.4, 0.5) is 0 Å². The van der Waals surface area contributed by atoms with Crippen molar-refractivity contribution < 1.29 is 0 Å². The second-order valence-corrected chi connectivity index (χ2v) is 6.54. The maximum absolute atomic E-state index is 6.05. The van der Waals surface area contributed by atoms with Crippen LogP contribution in [0.1, 0.15) is 19.3 Å². The number of rotatable bonds is 3. The largest absolute Gasteiger partial charge is 0.329 e. The van der Waals surface area contributed by atoms with Crippen LogP contribution < -0.4 is 5.73 Å². The standard InChI is InChI=1S/C12H25N3S/c1-14(2)11-4-3-6-15(8-11)12(9-13)5-7-16-10-12/h11H,3-10,13H2,1-2H3. The van der Waals surface area contributed by atoms with Crippen LogP contribution >= 0.6 is 11.8 Å². The lowest BCUT2D eigenvalue weighted by Crippen LogP contribution is -2.59. The van der Waals surface area contributed by atoms with Crippen LogP contribution in [0.5, 0.6) is 0 Å². The smallest absolute Gasteiger partial charge is 0.0430 e. The summed E-state index contributed by atoms with van der Waals surface area (Å²) < 4.78 is 0. The average molecular weight is 243 g/mol. The molecule has 2 heterocycles. The summed E-state index contributed by atoms with van der Waals surface area (Å²) in [5.41, 5.74) is 6.37. The van der Waals surface area contributed by atoms with Crippen molar-refractivity contribution in [3.05, 3.63) is 0 Å². The Bertz CT molecular complexity index is 226. The van der Waals surface area contributed by atoms with E-state index in [1.165, 1.54) is 43.9 Å². The molecule has 4 heteroatoms. The van der Waals surface area contributed by atoms with Crippen LogP contribution in [0.3, 0.4) is 0 Å². The van der Waals surface area contributed by atoms with E-state index in [9.17, 15) is 0 Å². The maximum Gasteiger partial charge on any atom is 0.0430 e. The van der Waals surface area contributed by atoms with Crippen molar-refractivity contribution in [2.75, 3.05) is 45.2 Å². The van der Waals surface area contributed by atoms with Gasteiger partial charge < -0.3 is 10.6 Å². The first-order valence-corrected chi connectivity index (χ1v) is 7.53. The number of nitrogens with zero attached hydrogens (tertiary/aromatic N) is 2. The molecular formula is C12H25N3S. The minimum Gasteiger partial charge on any atom is -0.329 e. The molecule has 94 valence electrons. The maximum atomic E-state index is 6.05. The minimum absolute atomic E-state index is 0.319. The van der Waals surface area contributed by atoms with Gasteiger partial charge in [0, 0.05) is 30.4 Å². The molecule has 3 nitrogen and oxygen atoms in total. The molecule has 0 radical (unpaired) electrons. The third-order valence-electron chi connectivity index (χ3n) is 4.26. The number of nitrogens with two attached hydrogens (primary N) is 1. The van der Waals surface area contributed by atoms with E-state index in [1.54, 1.807) is 0 Å². The highest BCUT2D eigenvalue weighted by molar-refractivity contribution is 7.99. The Kier molecular flexibility index (Phi) is 4.16. The molecule has 16 heavy (non-hydrogen) atoms. The molecule has 0 saturated carbocycles. The molecule has 2 unspecified atom stereocenters. The van der Waals surface area contributed by atoms with Gasteiger partial charge in [-0.15, -0.1) is 0 Å². The summed E-state index contributed by atoms with van der Waals surface area (Å²) in [4.78, 5) is 5.06. The van der Waals surface area contributed by atoms with Crippen LogP contribution in [0.2, 0.25) is 0 Å². The fourth-order valence-corrected chi connectivity index (χ4v) is 4.44. The van der Waals surface area contributed by atoms with Gasteiger partial charge in [-0.05, 0) is 45.7 Å². The summed E-state index contributed by atoms with van der Waals surface area (Å²) >= 11 is 2.07. The fourth-order valence-electron chi connectivity index (χ4n) is 2.94. The lowest BCUT2D eigenvalue weighted by atomic mass is 9.92. The molecular weight excluding hydrogens is 218 g/mol. The number of piperidine rings is 1. The molecule has 2 aliphatic heterocycles. The molecule has 2 saturated heterocycles. The van der Waals surface area contributed by atoms with Gasteiger partial charge in [0.05, 0.1) is 0 Å². The fraction of sp³-hybridized carbons (Fsp3) is 1.00. The number of thioether (sulfide) groups is 1. The van der Waals surface area contributed by atoms with Crippen molar-refractivity contribution in [3.63, 3.8) is 0 Å². The van der Waals surface area contributed by atoms with Gasteiger partial charge in [-0.25, -0.2) is 0 Å². The zero-order valence-electron chi connectivity index (χ0n) is 10.6. The van der Waals surface area contributed by atoms with Gasteiger partial charge in [-0.2, -0.15) is 11.8 Å². The number of hydrogen-bond acceptors (Lipinski definition) is 4. The van der Waals surface area contributed by atoms with Gasteiger partial charge in [-0.1, -0.05) is 0 Å². The lowest BCUT2D eigenvalue weighted by molar-refractivity contribution is 0.0498. The summed E-state index contributed by atoms with van der Waals surface area (Å²) in [6.45, 7) is 3.30. The summed E-state index contributed by atoms with van der Waals surface area (Å²) in [6, 6.07) is 0.725. The number of likely N-dealkylation sites (tertiary alicyclic amines) is 1. The molecule has 2 rings (SSSR count). The van der Waals surface area contributed by atoms with E-state index in [0.29, 0.717) is 5.54 Å². The van der Waals surface area contributed by atoms with Gasteiger partial charge in [0.15, 0.2) is 0 Å². The molecule has 2 aliphatic rings. The van der Waals surface area contributed by atoms with E-state index in [-0.39, 0.29) is 0 Å². The van der Waals surface area contributed by atoms with Gasteiger partial charge in [-0.3, -0.25) is 4.90 Å². The Morgan fingerprint density at radius 1 is 1.50 bits per heavy atom. The van der Waals surface area contributed by atoms with Gasteiger partial charge >= 0.3 is 0 Å². The van der Waals surface area contributed by atoms with Crippen LogP contribution in [-0.2, 0) is 0 Å². The molecule has 0 spiro atoms. The summed E-state index contributed by atoms with van der Waals surface area (Å²) in [6.07, 6.45) is 3.96. The van der Waals surface area contributed by atoms with E-state index >= 15 is 0 Å². The molecule has 0 bridgehead atoms. The summed E-state index contributed by atoms with van der Waals surface area (Å²) in [7, 11) is 4.40. The van der Waals surface area contributed by atoms with Crippen LogP contribution in [0, 0.1) is 0 Å². The van der Waals surface area contributed by atoms with E-state index in [2.05, 4.69) is 35.7 Å². The van der Waals surface area contributed by atoms with Crippen molar-refractivity contribution in [1.82, 2.24) is 9.80 Å². The Hall–Kier alpha value is 0.230. The van der Waals surface area contributed by atoms with Crippen molar-refractivity contribution in [1.29, 1.82) is 0 Å². The van der Waals surface area contributed by atoms with E-state index in [1.807, 2.05) is 0 Å². The van der Waals surface area contributed by atoms with Crippen molar-refractivity contribution in [2.45, 2.75) is 30.8 Å². The Balaban J connectivity index is 2.02. The molecule has 0 aromatic heterocycles. The molecule has 0 aliphatic carbocycles. The molecule has 0 amide bonds. The lowest BCUT2D eigenvalue weighted by Gasteiger charge is -2.46. The van der Waals surface area contributed by atoms with E-state index < -0.39 is 0 Å². The Morgan fingerprint density at radius 3 is 2.88 bits per heavy atom. The first-order valence-electron chi connectivity index (χ1n) is 6.37. The van der Waals surface area contributed by atoms with Crippen molar-refractivity contribution in [3.8, 4) is 0 Å². The predicted molar refractivity (Wildman–Crippen MR) is 72.0 cm³/mol. The highest BCUT2D eigenvalue weighted by Crippen LogP contribution is 2.34.